The first-order chi connectivity index (χ1) is 10.6. The lowest BCUT2D eigenvalue weighted by molar-refractivity contribution is -0.385. The molecule has 1 aliphatic rings. The molecule has 2 rings (SSSR count). The predicted octanol–water partition coefficient (Wildman–Crippen LogP) is 2.94. The minimum absolute atomic E-state index is 0.194. The van der Waals surface area contributed by atoms with Gasteiger partial charge in [-0.15, -0.1) is 0 Å². The van der Waals surface area contributed by atoms with Crippen molar-refractivity contribution in [2.75, 3.05) is 25.0 Å². The first-order valence-corrected chi connectivity index (χ1v) is 7.53. The van der Waals surface area contributed by atoms with Gasteiger partial charge in [0.15, 0.2) is 5.82 Å². The number of nitrogens with zero attached hydrogens (tertiary/aromatic N) is 2. The molecule has 1 saturated heterocycles. The maximum Gasteiger partial charge on any atom is 0.272 e. The average molecular weight is 309 g/mol. The number of non-ortho nitro benzene ring substituents is 1. The third-order valence-corrected chi connectivity index (χ3v) is 3.76. The molecule has 0 atom stereocenters. The third kappa shape index (κ3) is 4.41. The van der Waals surface area contributed by atoms with Gasteiger partial charge in [-0.05, 0) is 25.3 Å². The first kappa shape index (κ1) is 16.2. The Morgan fingerprint density at radius 3 is 2.86 bits per heavy atom. The van der Waals surface area contributed by atoms with Crippen molar-refractivity contribution in [3.05, 3.63) is 34.1 Å². The number of anilines is 1. The fraction of sp³-hybridized carbons (Fsp3) is 0.533. The van der Waals surface area contributed by atoms with Gasteiger partial charge in [0, 0.05) is 32.1 Å². The highest BCUT2D eigenvalue weighted by Crippen LogP contribution is 2.20. The third-order valence-electron chi connectivity index (χ3n) is 3.76. The molecule has 1 aliphatic heterocycles. The van der Waals surface area contributed by atoms with Crippen LogP contribution < -0.4 is 5.32 Å². The van der Waals surface area contributed by atoms with Crippen molar-refractivity contribution in [1.82, 2.24) is 4.90 Å². The van der Waals surface area contributed by atoms with Crippen LogP contribution in [0.2, 0.25) is 0 Å². The summed E-state index contributed by atoms with van der Waals surface area (Å²) >= 11 is 0. The molecule has 1 aromatic carbocycles. The number of halogens is 1. The average Bonchev–Trinajstić information content (AvgIpc) is 2.69. The van der Waals surface area contributed by atoms with E-state index in [1.165, 1.54) is 12.1 Å². The molecule has 22 heavy (non-hydrogen) atoms. The number of nitrogens with one attached hydrogen (secondary N) is 1. The van der Waals surface area contributed by atoms with Crippen molar-refractivity contribution < 1.29 is 14.1 Å². The molecule has 1 amide bonds. The Bertz CT molecular complexity index is 551. The van der Waals surface area contributed by atoms with Gasteiger partial charge in [0.1, 0.15) is 0 Å². The second kappa shape index (κ2) is 7.72. The smallest absolute Gasteiger partial charge is 0.272 e. The summed E-state index contributed by atoms with van der Waals surface area (Å²) in [6.07, 6.45) is 4.42. The van der Waals surface area contributed by atoms with E-state index in [2.05, 4.69) is 5.32 Å². The summed E-state index contributed by atoms with van der Waals surface area (Å²) in [6, 6.07) is 3.54. The van der Waals surface area contributed by atoms with E-state index < -0.39 is 10.7 Å². The highest BCUT2D eigenvalue weighted by atomic mass is 19.1. The van der Waals surface area contributed by atoms with E-state index in [0.717, 1.165) is 31.9 Å². The number of amides is 1. The number of likely N-dealkylation sites (tertiary alicyclic amines) is 1. The topological polar surface area (TPSA) is 75.5 Å². The van der Waals surface area contributed by atoms with Crippen LogP contribution in [0.1, 0.15) is 32.1 Å². The lowest BCUT2D eigenvalue weighted by Gasteiger charge is -2.20. The van der Waals surface area contributed by atoms with E-state index in [9.17, 15) is 19.3 Å². The zero-order valence-electron chi connectivity index (χ0n) is 12.4. The van der Waals surface area contributed by atoms with Gasteiger partial charge in [-0.25, -0.2) is 4.39 Å². The largest absolute Gasteiger partial charge is 0.383 e. The number of carbonyl (C=O) groups is 1. The number of benzene rings is 1. The molecule has 7 heteroatoms. The van der Waals surface area contributed by atoms with Crippen molar-refractivity contribution >= 4 is 17.3 Å². The lowest BCUT2D eigenvalue weighted by atomic mass is 10.2. The van der Waals surface area contributed by atoms with Gasteiger partial charge in [0.25, 0.3) is 5.69 Å². The summed E-state index contributed by atoms with van der Waals surface area (Å²) < 4.78 is 13.7. The van der Waals surface area contributed by atoms with Crippen molar-refractivity contribution in [2.24, 2.45) is 0 Å². The number of nitro groups is 1. The Labute approximate surface area is 128 Å². The minimum atomic E-state index is -0.639. The van der Waals surface area contributed by atoms with E-state index in [0.29, 0.717) is 25.9 Å². The van der Waals surface area contributed by atoms with Gasteiger partial charge in [-0.3, -0.25) is 14.9 Å². The zero-order chi connectivity index (χ0) is 15.9. The van der Waals surface area contributed by atoms with E-state index in [-0.39, 0.29) is 17.3 Å². The number of rotatable bonds is 6. The molecule has 0 radical (unpaired) electrons. The molecule has 1 aromatic rings. The highest BCUT2D eigenvalue weighted by molar-refractivity contribution is 5.76. The molecule has 0 bridgehead atoms. The maximum absolute atomic E-state index is 13.7. The fourth-order valence-electron chi connectivity index (χ4n) is 2.53. The highest BCUT2D eigenvalue weighted by Gasteiger charge is 2.16. The van der Waals surface area contributed by atoms with Crippen LogP contribution in [0.15, 0.2) is 18.2 Å². The van der Waals surface area contributed by atoms with Crippen LogP contribution >= 0.6 is 0 Å². The van der Waals surface area contributed by atoms with Crippen LogP contribution in [0.3, 0.4) is 0 Å². The second-order valence-electron chi connectivity index (χ2n) is 5.39. The quantitative estimate of drug-likeness (QED) is 0.498. The van der Waals surface area contributed by atoms with Gasteiger partial charge in [0.05, 0.1) is 16.7 Å². The zero-order valence-corrected chi connectivity index (χ0v) is 12.4. The van der Waals surface area contributed by atoms with E-state index in [1.54, 1.807) is 0 Å². The van der Waals surface area contributed by atoms with Crippen molar-refractivity contribution in [3.63, 3.8) is 0 Å². The standard InChI is InChI=1S/C15H20FN3O3/c16-13-11-12(19(21)22)6-7-14(13)17-8-4-10-18-9-3-1-2-5-15(18)20/h6-7,11,17H,1-5,8-10H2. The van der Waals surface area contributed by atoms with Gasteiger partial charge in [-0.2, -0.15) is 0 Å². The number of hydrogen-bond acceptors (Lipinski definition) is 4. The number of nitro benzene ring substituents is 1. The van der Waals surface area contributed by atoms with Gasteiger partial charge in [0.2, 0.25) is 5.91 Å². The molecule has 1 fully saturated rings. The van der Waals surface area contributed by atoms with Gasteiger partial charge in [-0.1, -0.05) is 6.42 Å². The van der Waals surface area contributed by atoms with Crippen molar-refractivity contribution in [2.45, 2.75) is 32.1 Å². The Hall–Kier alpha value is -2.18. The van der Waals surface area contributed by atoms with Crippen LogP contribution in [0.5, 0.6) is 0 Å². The Balaban J connectivity index is 1.78. The number of hydrogen-bond donors (Lipinski definition) is 1. The fourth-order valence-corrected chi connectivity index (χ4v) is 2.53. The summed E-state index contributed by atoms with van der Waals surface area (Å²) in [7, 11) is 0. The molecular weight excluding hydrogens is 289 g/mol. The molecule has 0 aromatic heterocycles. The second-order valence-corrected chi connectivity index (χ2v) is 5.39. The van der Waals surface area contributed by atoms with E-state index in [4.69, 9.17) is 0 Å². The van der Waals surface area contributed by atoms with Crippen molar-refractivity contribution in [3.8, 4) is 0 Å². The normalized spacial score (nSPS) is 15.5. The van der Waals surface area contributed by atoms with Gasteiger partial charge >= 0.3 is 0 Å². The van der Waals surface area contributed by atoms with E-state index in [1.807, 2.05) is 4.90 Å². The Morgan fingerprint density at radius 1 is 1.32 bits per heavy atom. The monoisotopic (exact) mass is 309 g/mol. The molecule has 0 aliphatic carbocycles. The minimum Gasteiger partial charge on any atom is -0.383 e. The molecular formula is C15H20FN3O3. The predicted molar refractivity (Wildman–Crippen MR) is 81.2 cm³/mol. The Morgan fingerprint density at radius 2 is 2.14 bits per heavy atom. The van der Waals surface area contributed by atoms with Gasteiger partial charge < -0.3 is 10.2 Å². The first-order valence-electron chi connectivity index (χ1n) is 7.53. The molecule has 6 nitrogen and oxygen atoms in total. The summed E-state index contributed by atoms with van der Waals surface area (Å²) in [6.45, 7) is 1.96. The SMILES string of the molecule is O=C1CCCCCN1CCCNc1ccc([N+](=O)[O-])cc1F. The molecule has 1 N–H and O–H groups in total. The summed E-state index contributed by atoms with van der Waals surface area (Å²) in [5.41, 5.74) is -0.0222. The Kier molecular flexibility index (Phi) is 5.68. The summed E-state index contributed by atoms with van der Waals surface area (Å²) in [5.74, 6) is -0.445. The van der Waals surface area contributed by atoms with Crippen LogP contribution in [0.4, 0.5) is 15.8 Å². The molecule has 1 heterocycles. The summed E-state index contributed by atoms with van der Waals surface area (Å²) in [5, 5.41) is 13.5. The molecule has 120 valence electrons. The summed E-state index contributed by atoms with van der Waals surface area (Å²) in [4.78, 5) is 23.6. The van der Waals surface area contributed by atoms with Crippen LogP contribution in [0.25, 0.3) is 0 Å². The van der Waals surface area contributed by atoms with Crippen LogP contribution in [-0.4, -0.2) is 35.4 Å². The van der Waals surface area contributed by atoms with Crippen LogP contribution in [0, 0.1) is 15.9 Å². The molecule has 0 spiro atoms. The molecule has 0 unspecified atom stereocenters. The van der Waals surface area contributed by atoms with Crippen molar-refractivity contribution in [1.29, 1.82) is 0 Å². The lowest BCUT2D eigenvalue weighted by Crippen LogP contribution is -2.32. The van der Waals surface area contributed by atoms with E-state index >= 15 is 0 Å². The molecule has 0 saturated carbocycles. The van der Waals surface area contributed by atoms with Crippen LogP contribution in [-0.2, 0) is 4.79 Å². The maximum atomic E-state index is 13.7. The number of carbonyl (C=O) groups excluding carboxylic acids is 1.